The Morgan fingerprint density at radius 3 is 3.14 bits per heavy atom. The summed E-state index contributed by atoms with van der Waals surface area (Å²) in [6.45, 7) is 5.25. The second-order valence-corrected chi connectivity index (χ2v) is 8.40. The van der Waals surface area contributed by atoms with Gasteiger partial charge in [0.2, 0.25) is 5.91 Å². The molecular weight excluding hydrogens is 378 g/mol. The minimum atomic E-state index is -0.265. The van der Waals surface area contributed by atoms with E-state index in [1.54, 1.807) is 7.11 Å². The quantitative estimate of drug-likeness (QED) is 0.797. The fraction of sp³-hybridized carbons (Fsp3) is 0.600. The molecule has 4 rings (SSSR count). The van der Waals surface area contributed by atoms with Crippen LogP contribution >= 0.6 is 11.3 Å². The zero-order valence-corrected chi connectivity index (χ0v) is 17.2. The van der Waals surface area contributed by atoms with Gasteiger partial charge in [0, 0.05) is 26.8 Å². The lowest BCUT2D eigenvalue weighted by molar-refractivity contribution is -0.146. The van der Waals surface area contributed by atoms with Gasteiger partial charge in [-0.25, -0.2) is 4.98 Å². The lowest BCUT2D eigenvalue weighted by atomic mass is 9.87. The minimum absolute atomic E-state index is 0.0481. The Bertz CT molecular complexity index is 834. The van der Waals surface area contributed by atoms with Crippen LogP contribution in [0.25, 0.3) is 10.2 Å². The first-order valence-electron chi connectivity index (χ1n) is 9.84. The van der Waals surface area contributed by atoms with E-state index in [0.29, 0.717) is 18.3 Å². The number of fused-ring (bicyclic) bond motifs is 1. The van der Waals surface area contributed by atoms with Crippen molar-refractivity contribution < 1.29 is 19.0 Å². The van der Waals surface area contributed by atoms with Gasteiger partial charge in [0.05, 0.1) is 29.5 Å². The van der Waals surface area contributed by atoms with Crippen molar-refractivity contribution in [2.45, 2.75) is 37.9 Å². The molecule has 1 aromatic heterocycles. The number of hydrogen-bond donors (Lipinski definition) is 1. The number of rotatable bonds is 6. The van der Waals surface area contributed by atoms with Gasteiger partial charge in [-0.1, -0.05) is 11.3 Å². The van der Waals surface area contributed by atoms with Gasteiger partial charge in [0.1, 0.15) is 11.4 Å². The summed E-state index contributed by atoms with van der Waals surface area (Å²) in [4.78, 5) is 19.3. The highest BCUT2D eigenvalue weighted by Gasteiger charge is 2.47. The number of thiazole rings is 1. The topological polar surface area (TPSA) is 72.9 Å². The molecule has 2 saturated heterocycles. The highest BCUT2D eigenvalue weighted by atomic mass is 32.1. The molecule has 3 heterocycles. The number of amides is 1. The molecule has 0 unspecified atom stereocenters. The predicted molar refractivity (Wildman–Crippen MR) is 109 cm³/mol. The molecular formula is C20H27N3O4S. The second kappa shape index (κ2) is 8.32. The second-order valence-electron chi connectivity index (χ2n) is 7.37. The molecule has 0 saturated carbocycles. The van der Waals surface area contributed by atoms with Gasteiger partial charge >= 0.3 is 0 Å². The fourth-order valence-electron chi connectivity index (χ4n) is 4.26. The van der Waals surface area contributed by atoms with Crippen LogP contribution in [-0.4, -0.2) is 67.5 Å². The molecule has 28 heavy (non-hydrogen) atoms. The van der Waals surface area contributed by atoms with E-state index in [0.717, 1.165) is 54.9 Å². The van der Waals surface area contributed by atoms with Gasteiger partial charge in [0.15, 0.2) is 5.13 Å². The van der Waals surface area contributed by atoms with Crippen molar-refractivity contribution in [3.05, 3.63) is 18.2 Å². The first-order valence-corrected chi connectivity index (χ1v) is 10.7. The Labute approximate surface area is 169 Å². The molecule has 1 amide bonds. The van der Waals surface area contributed by atoms with E-state index in [2.05, 4.69) is 15.2 Å². The third kappa shape index (κ3) is 4.00. The number of methoxy groups -OCH3 is 1. The molecule has 2 fully saturated rings. The molecule has 2 aliphatic rings. The monoisotopic (exact) mass is 405 g/mol. The number of likely N-dealkylation sites (tertiary alicyclic amines) is 1. The Kier molecular flexibility index (Phi) is 5.82. The van der Waals surface area contributed by atoms with Gasteiger partial charge in [-0.3, -0.25) is 9.69 Å². The van der Waals surface area contributed by atoms with Gasteiger partial charge in [0.25, 0.3) is 0 Å². The summed E-state index contributed by atoms with van der Waals surface area (Å²) in [6, 6.07) is 5.78. The third-order valence-corrected chi connectivity index (χ3v) is 6.42. The molecule has 152 valence electrons. The average Bonchev–Trinajstić information content (AvgIpc) is 3.28. The summed E-state index contributed by atoms with van der Waals surface area (Å²) in [7, 11) is 1.75. The van der Waals surface area contributed by atoms with Crippen molar-refractivity contribution in [3.63, 3.8) is 0 Å². The van der Waals surface area contributed by atoms with Crippen LogP contribution in [0.1, 0.15) is 26.2 Å². The van der Waals surface area contributed by atoms with E-state index in [1.807, 2.05) is 25.1 Å². The van der Waals surface area contributed by atoms with Crippen molar-refractivity contribution in [2.24, 2.45) is 0 Å². The van der Waals surface area contributed by atoms with Crippen molar-refractivity contribution in [1.29, 1.82) is 0 Å². The smallest absolute Gasteiger partial charge is 0.240 e. The van der Waals surface area contributed by atoms with Crippen LogP contribution < -0.4 is 10.1 Å². The fourth-order valence-corrected chi connectivity index (χ4v) is 5.17. The van der Waals surface area contributed by atoms with Crippen molar-refractivity contribution in [3.8, 4) is 5.75 Å². The zero-order valence-electron chi connectivity index (χ0n) is 16.4. The number of piperidine rings is 1. The molecule has 0 radical (unpaired) electrons. The lowest BCUT2D eigenvalue weighted by Crippen LogP contribution is -2.58. The maximum atomic E-state index is 12.6. The SMILES string of the molecule is CCOc1ccc2nc(NC(=O)CN3CC[C@@H](OC)[C@]4(CCCO4)C3)sc2c1. The number of carbonyl (C=O) groups is 1. The van der Waals surface area contributed by atoms with E-state index >= 15 is 0 Å². The van der Waals surface area contributed by atoms with Crippen LogP contribution in [0.4, 0.5) is 5.13 Å². The van der Waals surface area contributed by atoms with Gasteiger partial charge < -0.3 is 19.5 Å². The van der Waals surface area contributed by atoms with Crippen molar-refractivity contribution in [2.75, 3.05) is 45.3 Å². The molecule has 1 spiro atoms. The number of hydrogen-bond acceptors (Lipinski definition) is 7. The van der Waals surface area contributed by atoms with Gasteiger partial charge in [-0.2, -0.15) is 0 Å². The van der Waals surface area contributed by atoms with Crippen LogP contribution in [0.15, 0.2) is 18.2 Å². The van der Waals surface area contributed by atoms with Gasteiger partial charge in [-0.05, 0) is 44.4 Å². The summed E-state index contributed by atoms with van der Waals surface area (Å²) in [5.74, 6) is 0.771. The third-order valence-electron chi connectivity index (χ3n) is 5.49. The number of ether oxygens (including phenoxy) is 3. The molecule has 2 atom stereocenters. The lowest BCUT2D eigenvalue weighted by Gasteiger charge is -2.44. The Hall–Kier alpha value is -1.74. The van der Waals surface area contributed by atoms with E-state index in [9.17, 15) is 4.79 Å². The molecule has 1 N–H and O–H groups in total. The van der Waals surface area contributed by atoms with E-state index in [1.165, 1.54) is 11.3 Å². The van der Waals surface area contributed by atoms with Crippen molar-refractivity contribution >= 4 is 32.6 Å². The van der Waals surface area contributed by atoms with Crippen LogP contribution in [0.5, 0.6) is 5.75 Å². The first-order chi connectivity index (χ1) is 13.6. The summed E-state index contributed by atoms with van der Waals surface area (Å²) in [5.41, 5.74) is 0.599. The number of nitrogens with one attached hydrogen (secondary N) is 1. The minimum Gasteiger partial charge on any atom is -0.494 e. The molecule has 7 nitrogen and oxygen atoms in total. The number of anilines is 1. The van der Waals surface area contributed by atoms with Crippen LogP contribution in [0.2, 0.25) is 0 Å². The molecule has 0 aliphatic carbocycles. The van der Waals surface area contributed by atoms with Gasteiger partial charge in [-0.15, -0.1) is 0 Å². The largest absolute Gasteiger partial charge is 0.494 e. The molecule has 1 aromatic carbocycles. The highest BCUT2D eigenvalue weighted by molar-refractivity contribution is 7.22. The van der Waals surface area contributed by atoms with Crippen molar-refractivity contribution in [1.82, 2.24) is 9.88 Å². The molecule has 2 aliphatic heterocycles. The average molecular weight is 406 g/mol. The van der Waals surface area contributed by atoms with Crippen LogP contribution in [0.3, 0.4) is 0 Å². The van der Waals surface area contributed by atoms with E-state index in [4.69, 9.17) is 14.2 Å². The van der Waals surface area contributed by atoms with Crippen LogP contribution in [0, 0.1) is 0 Å². The van der Waals surface area contributed by atoms with E-state index in [-0.39, 0.29) is 17.6 Å². The van der Waals surface area contributed by atoms with Crippen LogP contribution in [-0.2, 0) is 14.3 Å². The maximum Gasteiger partial charge on any atom is 0.240 e. The summed E-state index contributed by atoms with van der Waals surface area (Å²) < 4.78 is 18.3. The standard InChI is InChI=1S/C20H27N3O4S/c1-3-26-14-5-6-15-16(11-14)28-19(21-15)22-18(24)12-23-9-7-17(25-2)20(13-23)8-4-10-27-20/h5-6,11,17H,3-4,7-10,12-13H2,1-2H3,(H,21,22,24)/t17-,20+/m1/s1. The molecule has 2 aromatic rings. The summed E-state index contributed by atoms with van der Waals surface area (Å²) in [5, 5.41) is 3.57. The number of benzene rings is 1. The normalized spacial score (nSPS) is 25.4. The zero-order chi connectivity index (χ0) is 19.6. The van der Waals surface area contributed by atoms with E-state index < -0.39 is 0 Å². The summed E-state index contributed by atoms with van der Waals surface area (Å²) >= 11 is 1.46. The first kappa shape index (κ1) is 19.6. The maximum absolute atomic E-state index is 12.6. The molecule has 8 heteroatoms. The number of aromatic nitrogens is 1. The molecule has 0 bridgehead atoms. The summed E-state index contributed by atoms with van der Waals surface area (Å²) in [6.07, 6.45) is 3.03. The number of carbonyl (C=O) groups excluding carboxylic acids is 1. The highest BCUT2D eigenvalue weighted by Crippen LogP contribution is 2.36. The Morgan fingerprint density at radius 2 is 2.39 bits per heavy atom. The predicted octanol–water partition coefficient (Wildman–Crippen LogP) is 2.90. The Balaban J connectivity index is 1.38. The number of nitrogens with zero attached hydrogens (tertiary/aromatic N) is 2. The Morgan fingerprint density at radius 1 is 1.50 bits per heavy atom.